The molecule has 0 saturated heterocycles. The maximum Gasteiger partial charge on any atom is 0.251 e. The molecule has 1 aromatic carbocycles. The van der Waals surface area contributed by atoms with Crippen LogP contribution in [-0.4, -0.2) is 24.9 Å². The van der Waals surface area contributed by atoms with Crippen LogP contribution in [0.1, 0.15) is 37.0 Å². The van der Waals surface area contributed by atoms with Crippen molar-refractivity contribution in [2.24, 2.45) is 5.92 Å². The molecule has 2 N–H and O–H groups in total. The van der Waals surface area contributed by atoms with E-state index in [4.69, 9.17) is 0 Å². The summed E-state index contributed by atoms with van der Waals surface area (Å²) in [6, 6.07) is 5.35. The van der Waals surface area contributed by atoms with E-state index in [0.717, 1.165) is 18.9 Å². The molecule has 0 unspecified atom stereocenters. The van der Waals surface area contributed by atoms with Gasteiger partial charge >= 0.3 is 0 Å². The van der Waals surface area contributed by atoms with Crippen LogP contribution in [0.5, 0.6) is 0 Å². The Morgan fingerprint density at radius 3 is 2.65 bits per heavy atom. The molecule has 0 aliphatic rings. The third kappa shape index (κ3) is 6.31. The van der Waals surface area contributed by atoms with E-state index < -0.39 is 11.7 Å². The van der Waals surface area contributed by atoms with E-state index in [1.54, 1.807) is 0 Å². The predicted molar refractivity (Wildman–Crippen MR) is 75.8 cm³/mol. The summed E-state index contributed by atoms with van der Waals surface area (Å²) in [5.74, 6) is -0.560. The van der Waals surface area contributed by atoms with E-state index in [9.17, 15) is 14.0 Å². The van der Waals surface area contributed by atoms with Crippen molar-refractivity contribution in [3.05, 3.63) is 35.6 Å². The van der Waals surface area contributed by atoms with Gasteiger partial charge in [-0.3, -0.25) is 9.59 Å². The average molecular weight is 280 g/mol. The zero-order chi connectivity index (χ0) is 15.0. The lowest BCUT2D eigenvalue weighted by atomic mass is 10.1. The summed E-state index contributed by atoms with van der Waals surface area (Å²) in [4.78, 5) is 23.2. The van der Waals surface area contributed by atoms with Gasteiger partial charge in [0.25, 0.3) is 5.91 Å². The van der Waals surface area contributed by atoms with Crippen molar-refractivity contribution in [1.29, 1.82) is 0 Å². The van der Waals surface area contributed by atoms with Crippen molar-refractivity contribution < 1.29 is 14.0 Å². The molecule has 2 amide bonds. The molecule has 0 heterocycles. The van der Waals surface area contributed by atoms with Gasteiger partial charge in [0.15, 0.2) is 0 Å². The predicted octanol–water partition coefficient (Wildman–Crippen LogP) is 2.11. The molecule has 20 heavy (non-hydrogen) atoms. The van der Waals surface area contributed by atoms with Crippen molar-refractivity contribution in [2.75, 3.05) is 13.1 Å². The van der Waals surface area contributed by atoms with Crippen LogP contribution in [0, 0.1) is 11.7 Å². The largest absolute Gasteiger partial charge is 0.355 e. The monoisotopic (exact) mass is 280 g/mol. The molecular weight excluding hydrogens is 259 g/mol. The van der Waals surface area contributed by atoms with Gasteiger partial charge in [-0.1, -0.05) is 19.9 Å². The van der Waals surface area contributed by atoms with Gasteiger partial charge in [0, 0.05) is 12.1 Å². The van der Waals surface area contributed by atoms with Crippen molar-refractivity contribution in [3.8, 4) is 0 Å². The standard InChI is InChI=1S/C15H21FN2O2/c1-11(2)5-4-8-17-14(19)10-18-15(20)12-6-3-7-13(16)9-12/h3,6-7,9,11H,4-5,8,10H2,1-2H3,(H,17,19)(H,18,20). The summed E-state index contributed by atoms with van der Waals surface area (Å²) in [5, 5.41) is 5.19. The Hall–Kier alpha value is -1.91. The smallest absolute Gasteiger partial charge is 0.251 e. The second-order valence-electron chi connectivity index (χ2n) is 5.08. The molecule has 110 valence electrons. The van der Waals surface area contributed by atoms with Crippen LogP contribution in [0.2, 0.25) is 0 Å². The molecule has 0 spiro atoms. The molecule has 1 rings (SSSR count). The number of rotatable bonds is 7. The number of carbonyl (C=O) groups excluding carboxylic acids is 2. The minimum absolute atomic E-state index is 0.100. The van der Waals surface area contributed by atoms with Gasteiger partial charge in [0.2, 0.25) is 5.91 Å². The zero-order valence-electron chi connectivity index (χ0n) is 11.9. The van der Waals surface area contributed by atoms with Crippen LogP contribution in [0.3, 0.4) is 0 Å². The first-order chi connectivity index (χ1) is 9.49. The maximum atomic E-state index is 12.9. The molecule has 0 bridgehead atoms. The molecule has 0 atom stereocenters. The third-order valence-corrected chi connectivity index (χ3v) is 2.78. The Labute approximate surface area is 118 Å². The topological polar surface area (TPSA) is 58.2 Å². The van der Waals surface area contributed by atoms with Crippen molar-refractivity contribution in [3.63, 3.8) is 0 Å². The molecule has 0 aromatic heterocycles. The Morgan fingerprint density at radius 2 is 2.00 bits per heavy atom. The lowest BCUT2D eigenvalue weighted by molar-refractivity contribution is -0.120. The molecule has 0 aliphatic heterocycles. The molecule has 5 heteroatoms. The minimum Gasteiger partial charge on any atom is -0.355 e. The average Bonchev–Trinajstić information content (AvgIpc) is 2.40. The SMILES string of the molecule is CC(C)CCCNC(=O)CNC(=O)c1cccc(F)c1. The summed E-state index contributed by atoms with van der Waals surface area (Å²) in [5.41, 5.74) is 0.206. The number of hydrogen-bond acceptors (Lipinski definition) is 2. The Kier molecular flexibility index (Phi) is 6.70. The highest BCUT2D eigenvalue weighted by Crippen LogP contribution is 2.03. The third-order valence-electron chi connectivity index (χ3n) is 2.78. The van der Waals surface area contributed by atoms with Gasteiger partial charge in [-0.15, -0.1) is 0 Å². The maximum absolute atomic E-state index is 12.9. The van der Waals surface area contributed by atoms with Gasteiger partial charge in [-0.05, 0) is 37.0 Å². The summed E-state index contributed by atoms with van der Waals surface area (Å²) >= 11 is 0. The van der Waals surface area contributed by atoms with Gasteiger partial charge in [0.05, 0.1) is 6.54 Å². The number of amides is 2. The first-order valence-electron chi connectivity index (χ1n) is 6.79. The van der Waals surface area contributed by atoms with Gasteiger partial charge in [-0.2, -0.15) is 0 Å². The van der Waals surface area contributed by atoms with Gasteiger partial charge in [0.1, 0.15) is 5.82 Å². The number of halogens is 1. The Balaban J connectivity index is 2.25. The van der Waals surface area contributed by atoms with Gasteiger partial charge in [-0.25, -0.2) is 4.39 Å². The van der Waals surface area contributed by atoms with E-state index in [0.29, 0.717) is 12.5 Å². The highest BCUT2D eigenvalue weighted by Gasteiger charge is 2.08. The normalized spacial score (nSPS) is 10.4. The lowest BCUT2D eigenvalue weighted by Gasteiger charge is -2.08. The summed E-state index contributed by atoms with van der Waals surface area (Å²) in [6.07, 6.45) is 1.97. The van der Waals surface area contributed by atoms with E-state index in [2.05, 4.69) is 24.5 Å². The van der Waals surface area contributed by atoms with E-state index in [-0.39, 0.29) is 18.0 Å². The van der Waals surface area contributed by atoms with Crippen molar-refractivity contribution in [2.45, 2.75) is 26.7 Å². The Bertz CT molecular complexity index is 461. The molecular formula is C15H21FN2O2. The van der Waals surface area contributed by atoms with Crippen LogP contribution in [0.25, 0.3) is 0 Å². The number of hydrogen-bond donors (Lipinski definition) is 2. The number of nitrogens with one attached hydrogen (secondary N) is 2. The van der Waals surface area contributed by atoms with E-state index in [1.807, 2.05) is 0 Å². The first-order valence-corrected chi connectivity index (χ1v) is 6.79. The fraction of sp³-hybridized carbons (Fsp3) is 0.467. The van der Waals surface area contributed by atoms with Crippen LogP contribution in [0.4, 0.5) is 4.39 Å². The zero-order valence-corrected chi connectivity index (χ0v) is 11.9. The second kappa shape index (κ2) is 8.30. The minimum atomic E-state index is -0.476. The highest BCUT2D eigenvalue weighted by molar-refractivity contribution is 5.96. The number of benzene rings is 1. The lowest BCUT2D eigenvalue weighted by Crippen LogP contribution is -2.37. The fourth-order valence-electron chi connectivity index (χ4n) is 1.69. The molecule has 0 aliphatic carbocycles. The van der Waals surface area contributed by atoms with Crippen molar-refractivity contribution >= 4 is 11.8 Å². The van der Waals surface area contributed by atoms with Crippen molar-refractivity contribution in [1.82, 2.24) is 10.6 Å². The number of carbonyl (C=O) groups is 2. The molecule has 0 radical (unpaired) electrons. The highest BCUT2D eigenvalue weighted by atomic mass is 19.1. The van der Waals surface area contributed by atoms with Crippen LogP contribution in [0.15, 0.2) is 24.3 Å². The second-order valence-corrected chi connectivity index (χ2v) is 5.08. The van der Waals surface area contributed by atoms with Crippen LogP contribution >= 0.6 is 0 Å². The summed E-state index contributed by atoms with van der Waals surface area (Å²) in [6.45, 7) is 4.76. The summed E-state index contributed by atoms with van der Waals surface area (Å²) < 4.78 is 12.9. The van der Waals surface area contributed by atoms with E-state index in [1.165, 1.54) is 18.2 Å². The fourth-order valence-corrected chi connectivity index (χ4v) is 1.69. The van der Waals surface area contributed by atoms with Gasteiger partial charge < -0.3 is 10.6 Å². The molecule has 0 fully saturated rings. The Morgan fingerprint density at radius 1 is 1.25 bits per heavy atom. The summed E-state index contributed by atoms with van der Waals surface area (Å²) in [7, 11) is 0. The quantitative estimate of drug-likeness (QED) is 0.752. The van der Waals surface area contributed by atoms with Crippen LogP contribution in [-0.2, 0) is 4.79 Å². The molecule has 4 nitrogen and oxygen atoms in total. The molecule has 1 aromatic rings. The van der Waals surface area contributed by atoms with Crippen LogP contribution < -0.4 is 10.6 Å². The molecule has 0 saturated carbocycles. The first kappa shape index (κ1) is 16.1. The van der Waals surface area contributed by atoms with E-state index >= 15 is 0 Å².